The fourth-order valence-electron chi connectivity index (χ4n) is 2.58. The van der Waals surface area contributed by atoms with Gasteiger partial charge in [-0.3, -0.25) is 0 Å². The monoisotopic (exact) mass is 378 g/mol. The lowest BCUT2D eigenvalue weighted by atomic mass is 10.1. The molecule has 0 radical (unpaired) electrons. The van der Waals surface area contributed by atoms with Crippen molar-refractivity contribution in [2.75, 3.05) is 33.5 Å². The highest BCUT2D eigenvalue weighted by atomic mass is 32.1. The quantitative estimate of drug-likeness (QED) is 0.689. The van der Waals surface area contributed by atoms with Crippen LogP contribution in [0.5, 0.6) is 11.5 Å². The van der Waals surface area contributed by atoms with E-state index in [1.807, 2.05) is 30.5 Å². The van der Waals surface area contributed by atoms with Gasteiger partial charge in [-0.25, -0.2) is 9.78 Å². The van der Waals surface area contributed by atoms with E-state index in [0.29, 0.717) is 23.2 Å². The zero-order valence-electron chi connectivity index (χ0n) is 15.6. The molecule has 0 aliphatic heterocycles. The first-order chi connectivity index (χ1) is 12.5. The minimum atomic E-state index is -0.144. The number of rotatable bonds is 8. The van der Waals surface area contributed by atoms with Gasteiger partial charge in [0.05, 0.1) is 26.0 Å². The normalized spacial score (nSPS) is 11.7. The maximum atomic E-state index is 12.4. The second-order valence-electron chi connectivity index (χ2n) is 5.91. The number of nitrogens with zero attached hydrogens (tertiary/aromatic N) is 2. The molecule has 26 heavy (non-hydrogen) atoms. The van der Waals surface area contributed by atoms with Gasteiger partial charge in [0.1, 0.15) is 11.5 Å². The van der Waals surface area contributed by atoms with Gasteiger partial charge in [-0.1, -0.05) is 0 Å². The fourth-order valence-corrected chi connectivity index (χ4v) is 3.17. The summed E-state index contributed by atoms with van der Waals surface area (Å²) < 4.78 is 10.7. The Balaban J connectivity index is 1.88. The number of aryl methyl sites for hydroxylation is 1. The number of nitrogens with two attached hydrogens (primary N) is 1. The van der Waals surface area contributed by atoms with Crippen LogP contribution < -0.4 is 20.5 Å². The topological polar surface area (TPSA) is 89.7 Å². The van der Waals surface area contributed by atoms with Gasteiger partial charge >= 0.3 is 6.03 Å². The number of amides is 2. The number of benzene rings is 1. The molecule has 1 aromatic carbocycles. The molecule has 0 saturated heterocycles. The number of aromatic nitrogens is 1. The maximum absolute atomic E-state index is 12.4. The van der Waals surface area contributed by atoms with Crippen molar-refractivity contribution in [2.45, 2.75) is 25.8 Å². The highest BCUT2D eigenvalue weighted by Gasteiger charge is 2.20. The lowest BCUT2D eigenvalue weighted by Gasteiger charge is -2.27. The van der Waals surface area contributed by atoms with E-state index < -0.39 is 0 Å². The number of ether oxygens (including phenoxy) is 2. The molecular weight excluding hydrogens is 352 g/mol. The first kappa shape index (κ1) is 19.8. The van der Waals surface area contributed by atoms with Crippen LogP contribution in [0.3, 0.4) is 0 Å². The molecule has 2 aromatic rings. The molecule has 0 saturated carbocycles. The Hall–Kier alpha value is -2.48. The van der Waals surface area contributed by atoms with Crippen LogP contribution in [0.4, 0.5) is 9.93 Å². The Morgan fingerprint density at radius 3 is 2.77 bits per heavy atom. The smallest absolute Gasteiger partial charge is 0.317 e. The number of nitrogen functional groups attached to an aromatic ring is 1. The van der Waals surface area contributed by atoms with Crippen LogP contribution in [-0.2, 0) is 6.42 Å². The summed E-state index contributed by atoms with van der Waals surface area (Å²) in [6, 6.07) is 5.32. The van der Waals surface area contributed by atoms with Crippen LogP contribution in [0.25, 0.3) is 0 Å². The lowest BCUT2D eigenvalue weighted by molar-refractivity contribution is 0.193. The number of thiazole rings is 1. The molecule has 1 aromatic heterocycles. The maximum Gasteiger partial charge on any atom is 0.317 e. The van der Waals surface area contributed by atoms with E-state index in [1.54, 1.807) is 26.2 Å². The van der Waals surface area contributed by atoms with Crippen LogP contribution in [-0.4, -0.2) is 43.7 Å². The minimum absolute atomic E-state index is 0.131. The van der Waals surface area contributed by atoms with E-state index in [-0.39, 0.29) is 12.1 Å². The van der Waals surface area contributed by atoms with E-state index in [9.17, 15) is 4.79 Å². The highest BCUT2D eigenvalue weighted by Crippen LogP contribution is 2.31. The number of urea groups is 1. The SMILES string of the molecule is COc1ccc([C@@H](C)N(C)C(=O)NCCCc2csc(N)n2)c(OC)c1. The van der Waals surface area contributed by atoms with Gasteiger partial charge in [0.15, 0.2) is 5.13 Å². The molecule has 7 nitrogen and oxygen atoms in total. The number of hydrogen-bond acceptors (Lipinski definition) is 6. The van der Waals surface area contributed by atoms with Crippen molar-refractivity contribution in [2.24, 2.45) is 0 Å². The van der Waals surface area contributed by atoms with Gasteiger partial charge in [0, 0.05) is 30.6 Å². The molecule has 1 heterocycles. The molecule has 0 fully saturated rings. The van der Waals surface area contributed by atoms with E-state index >= 15 is 0 Å². The van der Waals surface area contributed by atoms with Crippen LogP contribution in [0.1, 0.15) is 30.6 Å². The van der Waals surface area contributed by atoms with Crippen molar-refractivity contribution < 1.29 is 14.3 Å². The molecule has 0 spiro atoms. The van der Waals surface area contributed by atoms with Gasteiger partial charge in [0.2, 0.25) is 0 Å². The molecule has 2 rings (SSSR count). The van der Waals surface area contributed by atoms with Gasteiger partial charge in [0.25, 0.3) is 0 Å². The second kappa shape index (κ2) is 9.28. The zero-order valence-corrected chi connectivity index (χ0v) is 16.4. The second-order valence-corrected chi connectivity index (χ2v) is 6.80. The van der Waals surface area contributed by atoms with E-state index in [4.69, 9.17) is 15.2 Å². The molecule has 8 heteroatoms. The largest absolute Gasteiger partial charge is 0.497 e. The molecule has 3 N–H and O–H groups in total. The average molecular weight is 378 g/mol. The summed E-state index contributed by atoms with van der Waals surface area (Å²) in [4.78, 5) is 18.3. The number of nitrogens with one attached hydrogen (secondary N) is 1. The van der Waals surface area contributed by atoms with Gasteiger partial charge in [-0.05, 0) is 31.9 Å². The van der Waals surface area contributed by atoms with Crippen molar-refractivity contribution in [3.05, 3.63) is 34.8 Å². The minimum Gasteiger partial charge on any atom is -0.497 e. The predicted molar refractivity (Wildman–Crippen MR) is 104 cm³/mol. The number of anilines is 1. The number of carbonyl (C=O) groups excluding carboxylic acids is 1. The number of methoxy groups -OCH3 is 2. The Morgan fingerprint density at radius 1 is 1.38 bits per heavy atom. The molecule has 1 atom stereocenters. The summed E-state index contributed by atoms with van der Waals surface area (Å²) >= 11 is 1.43. The molecule has 2 amide bonds. The summed E-state index contributed by atoms with van der Waals surface area (Å²) in [6.45, 7) is 2.54. The van der Waals surface area contributed by atoms with Gasteiger partial charge < -0.3 is 25.4 Å². The highest BCUT2D eigenvalue weighted by molar-refractivity contribution is 7.13. The van der Waals surface area contributed by atoms with Crippen LogP contribution in [0.2, 0.25) is 0 Å². The third-order valence-electron chi connectivity index (χ3n) is 4.25. The van der Waals surface area contributed by atoms with Crippen LogP contribution in [0.15, 0.2) is 23.6 Å². The lowest BCUT2D eigenvalue weighted by Crippen LogP contribution is -2.39. The number of hydrogen-bond donors (Lipinski definition) is 2. The third-order valence-corrected chi connectivity index (χ3v) is 4.97. The van der Waals surface area contributed by atoms with E-state index in [2.05, 4.69) is 10.3 Å². The first-order valence-corrected chi connectivity index (χ1v) is 9.26. The summed E-state index contributed by atoms with van der Waals surface area (Å²) in [5.74, 6) is 1.41. The Kier molecular flexibility index (Phi) is 7.08. The fraction of sp³-hybridized carbons (Fsp3) is 0.444. The van der Waals surface area contributed by atoms with Crippen LogP contribution in [0, 0.1) is 0 Å². The number of carbonyl (C=O) groups is 1. The van der Waals surface area contributed by atoms with E-state index in [1.165, 1.54) is 11.3 Å². The zero-order chi connectivity index (χ0) is 19.1. The Morgan fingerprint density at radius 2 is 2.15 bits per heavy atom. The van der Waals surface area contributed by atoms with Gasteiger partial charge in [-0.2, -0.15) is 0 Å². The third kappa shape index (κ3) is 5.01. The van der Waals surface area contributed by atoms with Gasteiger partial charge in [-0.15, -0.1) is 11.3 Å². The molecule has 0 aliphatic carbocycles. The Bertz CT molecular complexity index is 735. The summed E-state index contributed by atoms with van der Waals surface area (Å²) in [7, 11) is 4.98. The van der Waals surface area contributed by atoms with Crippen LogP contribution >= 0.6 is 11.3 Å². The molecule has 0 aliphatic rings. The predicted octanol–water partition coefficient (Wildman–Crippen LogP) is 3.08. The average Bonchev–Trinajstić information content (AvgIpc) is 3.08. The molecule has 142 valence electrons. The van der Waals surface area contributed by atoms with Crippen molar-refractivity contribution >= 4 is 22.5 Å². The molecular formula is C18H26N4O3S. The van der Waals surface area contributed by atoms with Crippen molar-refractivity contribution in [3.8, 4) is 11.5 Å². The van der Waals surface area contributed by atoms with E-state index in [0.717, 1.165) is 24.1 Å². The molecule has 0 bridgehead atoms. The standard InChI is InChI=1S/C18H26N4O3S/c1-12(15-8-7-14(24-3)10-16(15)25-4)22(2)18(23)20-9-5-6-13-11-26-17(19)21-13/h7-8,10-12H,5-6,9H2,1-4H3,(H2,19,21)(H,20,23)/t12-/m1/s1. The summed E-state index contributed by atoms with van der Waals surface area (Å²) in [5.41, 5.74) is 7.50. The Labute approximate surface area is 158 Å². The molecule has 0 unspecified atom stereocenters. The van der Waals surface area contributed by atoms with Crippen molar-refractivity contribution in [1.29, 1.82) is 0 Å². The first-order valence-electron chi connectivity index (χ1n) is 8.38. The summed E-state index contributed by atoms with van der Waals surface area (Å²) in [5, 5.41) is 5.46. The van der Waals surface area contributed by atoms with Crippen molar-refractivity contribution in [3.63, 3.8) is 0 Å². The summed E-state index contributed by atoms with van der Waals surface area (Å²) in [6.07, 6.45) is 1.60. The van der Waals surface area contributed by atoms with Crippen molar-refractivity contribution in [1.82, 2.24) is 15.2 Å².